The molecule has 98 valence electrons. The molecule has 0 aliphatic carbocycles. The van der Waals surface area contributed by atoms with Crippen molar-refractivity contribution in [2.24, 2.45) is 0 Å². The van der Waals surface area contributed by atoms with Crippen molar-refractivity contribution in [2.45, 2.75) is 32.0 Å². The van der Waals surface area contributed by atoms with Gasteiger partial charge in [0, 0.05) is 13.7 Å². The molecule has 0 radical (unpaired) electrons. The van der Waals surface area contributed by atoms with Crippen molar-refractivity contribution in [3.63, 3.8) is 0 Å². The normalized spacial score (nSPS) is 23.6. The molecule has 1 heterocycles. The average Bonchev–Trinajstić information content (AvgIpc) is 2.69. The SMILES string of the molecule is COCCN(CC(=O)O)C(=O)[C@@H]1CC[C@@H](C)O1. The first-order valence-electron chi connectivity index (χ1n) is 5.69. The second kappa shape index (κ2) is 6.56. The molecule has 0 aromatic heterocycles. The lowest BCUT2D eigenvalue weighted by molar-refractivity contribution is -0.150. The van der Waals surface area contributed by atoms with Crippen LogP contribution in [-0.4, -0.2) is 60.9 Å². The number of carbonyl (C=O) groups excluding carboxylic acids is 1. The summed E-state index contributed by atoms with van der Waals surface area (Å²) in [4.78, 5) is 24.0. The van der Waals surface area contributed by atoms with Crippen molar-refractivity contribution in [2.75, 3.05) is 26.8 Å². The van der Waals surface area contributed by atoms with E-state index in [0.717, 1.165) is 6.42 Å². The molecule has 1 saturated heterocycles. The number of methoxy groups -OCH3 is 1. The Morgan fingerprint density at radius 2 is 2.18 bits per heavy atom. The summed E-state index contributed by atoms with van der Waals surface area (Å²) >= 11 is 0. The zero-order chi connectivity index (χ0) is 12.8. The molecule has 0 bridgehead atoms. The highest BCUT2D eigenvalue weighted by molar-refractivity contribution is 5.84. The number of ether oxygens (including phenoxy) is 2. The smallest absolute Gasteiger partial charge is 0.323 e. The maximum Gasteiger partial charge on any atom is 0.323 e. The zero-order valence-corrected chi connectivity index (χ0v) is 10.2. The van der Waals surface area contributed by atoms with Crippen molar-refractivity contribution in [1.29, 1.82) is 0 Å². The molecule has 6 nitrogen and oxygen atoms in total. The van der Waals surface area contributed by atoms with Crippen LogP contribution in [0.25, 0.3) is 0 Å². The Hall–Kier alpha value is -1.14. The number of amides is 1. The highest BCUT2D eigenvalue weighted by Gasteiger charge is 2.32. The lowest BCUT2D eigenvalue weighted by Gasteiger charge is -2.23. The third kappa shape index (κ3) is 4.32. The number of rotatable bonds is 6. The fourth-order valence-electron chi connectivity index (χ4n) is 1.82. The number of hydrogen-bond donors (Lipinski definition) is 1. The summed E-state index contributed by atoms with van der Waals surface area (Å²) < 4.78 is 10.3. The van der Waals surface area contributed by atoms with Gasteiger partial charge in [-0.1, -0.05) is 0 Å². The van der Waals surface area contributed by atoms with Crippen LogP contribution < -0.4 is 0 Å². The summed E-state index contributed by atoms with van der Waals surface area (Å²) in [5.74, 6) is -1.28. The highest BCUT2D eigenvalue weighted by atomic mass is 16.5. The molecule has 0 spiro atoms. The summed E-state index contributed by atoms with van der Waals surface area (Å²) in [7, 11) is 1.51. The van der Waals surface area contributed by atoms with E-state index >= 15 is 0 Å². The molecule has 0 aromatic rings. The van der Waals surface area contributed by atoms with Crippen LogP contribution in [-0.2, 0) is 19.1 Å². The van der Waals surface area contributed by atoms with Crippen LogP contribution in [0.5, 0.6) is 0 Å². The van der Waals surface area contributed by atoms with Gasteiger partial charge in [0.05, 0.1) is 12.7 Å². The van der Waals surface area contributed by atoms with E-state index in [1.807, 2.05) is 6.92 Å². The molecule has 0 unspecified atom stereocenters. The molecule has 6 heteroatoms. The molecule has 0 aromatic carbocycles. The molecule has 1 aliphatic rings. The van der Waals surface area contributed by atoms with Gasteiger partial charge < -0.3 is 19.5 Å². The minimum Gasteiger partial charge on any atom is -0.480 e. The molecule has 1 aliphatic heterocycles. The van der Waals surface area contributed by atoms with E-state index in [4.69, 9.17) is 14.6 Å². The Balaban J connectivity index is 2.55. The van der Waals surface area contributed by atoms with Crippen LogP contribution >= 0.6 is 0 Å². The van der Waals surface area contributed by atoms with Crippen molar-refractivity contribution in [3.8, 4) is 0 Å². The highest BCUT2D eigenvalue weighted by Crippen LogP contribution is 2.20. The number of carbonyl (C=O) groups is 2. The van der Waals surface area contributed by atoms with Crippen molar-refractivity contribution in [3.05, 3.63) is 0 Å². The molecule has 1 fully saturated rings. The predicted octanol–water partition coefficient (Wildman–Crippen LogP) is 0.114. The third-order valence-electron chi connectivity index (χ3n) is 2.71. The van der Waals surface area contributed by atoms with Gasteiger partial charge in [-0.2, -0.15) is 0 Å². The van der Waals surface area contributed by atoms with Crippen LogP contribution in [0.1, 0.15) is 19.8 Å². The second-order valence-electron chi connectivity index (χ2n) is 4.16. The molecule has 0 saturated carbocycles. The van der Waals surface area contributed by atoms with E-state index in [1.165, 1.54) is 12.0 Å². The molecule has 17 heavy (non-hydrogen) atoms. The van der Waals surface area contributed by atoms with E-state index in [1.54, 1.807) is 0 Å². The first-order chi connectivity index (χ1) is 8.04. The third-order valence-corrected chi connectivity index (χ3v) is 2.71. The topological polar surface area (TPSA) is 76.1 Å². The first-order valence-corrected chi connectivity index (χ1v) is 5.69. The van der Waals surface area contributed by atoms with Gasteiger partial charge in [0.15, 0.2) is 0 Å². The molecule has 2 atom stereocenters. The first kappa shape index (κ1) is 13.9. The fourth-order valence-corrected chi connectivity index (χ4v) is 1.82. The molecular weight excluding hydrogens is 226 g/mol. The molecule has 1 rings (SSSR count). The number of aliphatic carboxylic acids is 1. The van der Waals surface area contributed by atoms with Crippen LogP contribution in [0.15, 0.2) is 0 Å². The van der Waals surface area contributed by atoms with Gasteiger partial charge in [-0.3, -0.25) is 9.59 Å². The minimum atomic E-state index is -1.03. The standard InChI is InChI=1S/C11H19NO5/c1-8-3-4-9(17-8)11(15)12(5-6-16-2)7-10(13)14/h8-9H,3-7H2,1-2H3,(H,13,14)/t8-,9+/m1/s1. The van der Waals surface area contributed by atoms with Crippen LogP contribution in [0.3, 0.4) is 0 Å². The van der Waals surface area contributed by atoms with E-state index < -0.39 is 12.1 Å². The largest absolute Gasteiger partial charge is 0.480 e. The monoisotopic (exact) mass is 245 g/mol. The Morgan fingerprint density at radius 1 is 1.47 bits per heavy atom. The number of hydrogen-bond acceptors (Lipinski definition) is 4. The predicted molar refractivity (Wildman–Crippen MR) is 59.7 cm³/mol. The maximum absolute atomic E-state index is 12.0. The molecular formula is C11H19NO5. The van der Waals surface area contributed by atoms with Gasteiger partial charge in [0.25, 0.3) is 5.91 Å². The Bertz CT molecular complexity index is 281. The van der Waals surface area contributed by atoms with Crippen LogP contribution in [0.2, 0.25) is 0 Å². The maximum atomic E-state index is 12.0. The summed E-state index contributed by atoms with van der Waals surface area (Å²) in [6.07, 6.45) is 1.06. The number of carboxylic acids is 1. The summed E-state index contributed by atoms with van der Waals surface area (Å²) in [6, 6.07) is 0. The van der Waals surface area contributed by atoms with Crippen molar-refractivity contribution in [1.82, 2.24) is 4.90 Å². The van der Waals surface area contributed by atoms with Gasteiger partial charge in [-0.25, -0.2) is 0 Å². The van der Waals surface area contributed by atoms with Gasteiger partial charge in [0.1, 0.15) is 12.6 Å². The zero-order valence-electron chi connectivity index (χ0n) is 10.2. The van der Waals surface area contributed by atoms with E-state index in [2.05, 4.69) is 0 Å². The molecule has 1 amide bonds. The quantitative estimate of drug-likeness (QED) is 0.719. The van der Waals surface area contributed by atoms with Gasteiger partial charge in [-0.05, 0) is 19.8 Å². The average molecular weight is 245 g/mol. The van der Waals surface area contributed by atoms with Crippen molar-refractivity contribution < 1.29 is 24.2 Å². The lowest BCUT2D eigenvalue weighted by Crippen LogP contribution is -2.43. The lowest BCUT2D eigenvalue weighted by atomic mass is 10.2. The fraction of sp³-hybridized carbons (Fsp3) is 0.818. The van der Waals surface area contributed by atoms with Crippen LogP contribution in [0, 0.1) is 0 Å². The Morgan fingerprint density at radius 3 is 2.65 bits per heavy atom. The Labute approximate surface area is 100 Å². The van der Waals surface area contributed by atoms with Gasteiger partial charge in [0.2, 0.25) is 0 Å². The molecule has 1 N–H and O–H groups in total. The summed E-state index contributed by atoms with van der Waals surface area (Å²) in [5, 5.41) is 8.75. The number of carboxylic acid groups (broad SMARTS) is 1. The van der Waals surface area contributed by atoms with Gasteiger partial charge >= 0.3 is 5.97 Å². The van der Waals surface area contributed by atoms with Crippen LogP contribution in [0.4, 0.5) is 0 Å². The summed E-state index contributed by atoms with van der Waals surface area (Å²) in [5.41, 5.74) is 0. The van der Waals surface area contributed by atoms with Crippen molar-refractivity contribution >= 4 is 11.9 Å². The number of nitrogens with zero attached hydrogens (tertiary/aromatic N) is 1. The van der Waals surface area contributed by atoms with E-state index in [0.29, 0.717) is 13.0 Å². The van der Waals surface area contributed by atoms with E-state index in [-0.39, 0.29) is 25.1 Å². The summed E-state index contributed by atoms with van der Waals surface area (Å²) in [6.45, 7) is 2.19. The second-order valence-corrected chi connectivity index (χ2v) is 4.16. The Kier molecular flexibility index (Phi) is 5.37. The van der Waals surface area contributed by atoms with E-state index in [9.17, 15) is 9.59 Å². The minimum absolute atomic E-state index is 0.0676. The van der Waals surface area contributed by atoms with Gasteiger partial charge in [-0.15, -0.1) is 0 Å².